The summed E-state index contributed by atoms with van der Waals surface area (Å²) < 4.78 is 1.70. The van der Waals surface area contributed by atoms with Gasteiger partial charge >= 0.3 is 6.03 Å². The maximum absolute atomic E-state index is 14.3. The normalized spacial score (nSPS) is 11.8. The van der Waals surface area contributed by atoms with Gasteiger partial charge in [0.1, 0.15) is 11.3 Å². The fourth-order valence-corrected chi connectivity index (χ4v) is 5.79. The van der Waals surface area contributed by atoms with Crippen LogP contribution < -0.4 is 16.2 Å². The van der Waals surface area contributed by atoms with Gasteiger partial charge in [-0.05, 0) is 71.8 Å². The average molecular weight is 608 g/mol. The van der Waals surface area contributed by atoms with E-state index >= 15 is 0 Å². The number of hydrogen-bond donors (Lipinski definition) is 2. The van der Waals surface area contributed by atoms with Crippen LogP contribution in [0.5, 0.6) is 0 Å². The van der Waals surface area contributed by atoms with Crippen LogP contribution in [0.4, 0.5) is 16.2 Å². The van der Waals surface area contributed by atoms with Gasteiger partial charge in [-0.1, -0.05) is 103 Å². The zero-order valence-electron chi connectivity index (χ0n) is 28.0. The maximum atomic E-state index is 14.3. The van der Waals surface area contributed by atoms with Crippen LogP contribution in [-0.2, 0) is 6.54 Å². The number of likely N-dealkylation sites (N-methyl/N-ethyl adjacent to an activating group) is 1. The molecule has 4 rings (SSSR count). The van der Waals surface area contributed by atoms with E-state index < -0.39 is 6.03 Å². The van der Waals surface area contributed by atoms with Crippen molar-refractivity contribution in [2.45, 2.75) is 79.7 Å². The van der Waals surface area contributed by atoms with Crippen LogP contribution in [0.25, 0.3) is 28.2 Å². The largest absolute Gasteiger partial charge is 0.323 e. The van der Waals surface area contributed by atoms with Crippen molar-refractivity contribution in [3.8, 4) is 11.1 Å². The number of unbranched alkanes of at least 4 members (excludes halogenated alkanes) is 1. The molecule has 2 N–H and O–H groups in total. The molecule has 2 amide bonds. The number of aryl methyl sites for hydroxylation is 1. The third-order valence-corrected chi connectivity index (χ3v) is 8.35. The highest BCUT2D eigenvalue weighted by atomic mass is 16.2. The van der Waals surface area contributed by atoms with Gasteiger partial charge in [-0.25, -0.2) is 9.78 Å². The first-order valence-electron chi connectivity index (χ1n) is 16.4. The summed E-state index contributed by atoms with van der Waals surface area (Å²) >= 11 is 0. The molecule has 0 spiro atoms. The number of anilines is 2. The number of fused-ring (bicyclic) bond motifs is 1. The number of rotatable bonds is 13. The SMILES string of the molecule is CCCCn1c(=O)c(NC(=O)Nc2c(C(C)C)cccc2C(C)C)c(-c2cccc(/C=C\CN(CC)CC)c2)c2cccnc21. The number of benzene rings is 2. The molecule has 0 aliphatic heterocycles. The molecule has 0 saturated heterocycles. The zero-order chi connectivity index (χ0) is 32.5. The topological polar surface area (TPSA) is 79.3 Å². The Hall–Kier alpha value is -4.23. The van der Waals surface area contributed by atoms with Crippen molar-refractivity contribution in [2.75, 3.05) is 30.3 Å². The Morgan fingerprint density at radius 3 is 2.22 bits per heavy atom. The number of amides is 2. The Bertz CT molecular complexity index is 1670. The number of carbonyl (C=O) groups excluding carboxylic acids is 1. The van der Waals surface area contributed by atoms with Gasteiger partial charge in [0.15, 0.2) is 0 Å². The summed E-state index contributed by atoms with van der Waals surface area (Å²) in [6.07, 6.45) is 7.75. The Morgan fingerprint density at radius 2 is 1.58 bits per heavy atom. The van der Waals surface area contributed by atoms with Gasteiger partial charge in [0, 0.05) is 35.9 Å². The monoisotopic (exact) mass is 607 g/mol. The Balaban J connectivity index is 1.85. The van der Waals surface area contributed by atoms with Crippen LogP contribution in [0.15, 0.2) is 71.7 Å². The summed E-state index contributed by atoms with van der Waals surface area (Å²) in [6.45, 7) is 18.3. The fraction of sp³-hybridized carbons (Fsp3) is 0.395. The summed E-state index contributed by atoms with van der Waals surface area (Å²) in [6, 6.07) is 17.7. The number of nitrogens with zero attached hydrogens (tertiary/aromatic N) is 3. The van der Waals surface area contributed by atoms with E-state index in [9.17, 15) is 9.59 Å². The second-order valence-corrected chi connectivity index (χ2v) is 12.1. The zero-order valence-corrected chi connectivity index (χ0v) is 28.0. The van der Waals surface area contributed by atoms with E-state index in [0.717, 1.165) is 65.8 Å². The van der Waals surface area contributed by atoms with Crippen molar-refractivity contribution in [1.82, 2.24) is 14.5 Å². The molecule has 238 valence electrons. The molecule has 0 aliphatic carbocycles. The van der Waals surface area contributed by atoms with Crippen LogP contribution in [-0.4, -0.2) is 40.1 Å². The molecule has 45 heavy (non-hydrogen) atoms. The number of carbonyl (C=O) groups is 1. The third kappa shape index (κ3) is 7.90. The first-order valence-corrected chi connectivity index (χ1v) is 16.4. The van der Waals surface area contributed by atoms with Crippen LogP contribution in [0, 0.1) is 0 Å². The van der Waals surface area contributed by atoms with E-state index in [4.69, 9.17) is 0 Å². The van der Waals surface area contributed by atoms with Gasteiger partial charge in [0.05, 0.1) is 0 Å². The molecule has 0 radical (unpaired) electrons. The molecule has 7 nitrogen and oxygen atoms in total. The van der Waals surface area contributed by atoms with Gasteiger partial charge in [0.25, 0.3) is 5.56 Å². The standard InChI is InChI=1S/C38H49N5O2/c1-8-11-24-43-36-32(21-14-22-39-36)33(29-18-12-16-28(25-29)17-15-23-42(9-2)10-3)35(37(43)44)41-38(45)40-34-30(26(4)5)19-13-20-31(34)27(6)7/h12-22,25-27H,8-11,23-24H2,1-7H3,(H2,40,41,45)/b17-15-. The van der Waals surface area contributed by atoms with Gasteiger partial charge in [-0.3, -0.25) is 9.36 Å². The summed E-state index contributed by atoms with van der Waals surface area (Å²) in [5.74, 6) is 0.426. The first kappa shape index (κ1) is 33.7. The lowest BCUT2D eigenvalue weighted by Gasteiger charge is -2.22. The smallest absolute Gasteiger partial charge is 0.307 e. The fourth-order valence-electron chi connectivity index (χ4n) is 5.79. The Kier molecular flexibility index (Phi) is 11.7. The molecule has 0 unspecified atom stereocenters. The number of nitrogens with one attached hydrogen (secondary N) is 2. The third-order valence-electron chi connectivity index (χ3n) is 8.35. The minimum atomic E-state index is -0.441. The number of hydrogen-bond acceptors (Lipinski definition) is 4. The maximum Gasteiger partial charge on any atom is 0.323 e. The molecule has 0 saturated carbocycles. The van der Waals surface area contributed by atoms with Gasteiger partial charge in [-0.15, -0.1) is 0 Å². The van der Waals surface area contributed by atoms with E-state index in [1.54, 1.807) is 10.8 Å². The molecule has 0 bridgehead atoms. The van der Waals surface area contributed by atoms with Crippen molar-refractivity contribution < 1.29 is 4.79 Å². The Morgan fingerprint density at radius 1 is 0.911 bits per heavy atom. The number of pyridine rings is 2. The number of urea groups is 1. The average Bonchev–Trinajstić information content (AvgIpc) is 3.03. The second kappa shape index (κ2) is 15.7. The molecular formula is C38H49N5O2. The molecule has 0 atom stereocenters. The molecule has 7 heteroatoms. The van der Waals surface area contributed by atoms with Crippen molar-refractivity contribution in [2.24, 2.45) is 0 Å². The molecule has 0 aliphatic rings. The second-order valence-electron chi connectivity index (χ2n) is 12.1. The molecule has 2 aromatic carbocycles. The van der Waals surface area contributed by atoms with E-state index in [1.165, 1.54) is 0 Å². The number of aromatic nitrogens is 2. The lowest BCUT2D eigenvalue weighted by atomic mass is 9.93. The predicted octanol–water partition coefficient (Wildman–Crippen LogP) is 9.11. The van der Waals surface area contributed by atoms with Crippen molar-refractivity contribution in [3.05, 3.63) is 93.9 Å². The van der Waals surface area contributed by atoms with Crippen LogP contribution >= 0.6 is 0 Å². The van der Waals surface area contributed by atoms with Crippen molar-refractivity contribution in [1.29, 1.82) is 0 Å². The quantitative estimate of drug-likeness (QED) is 0.159. The van der Waals surface area contributed by atoms with Crippen molar-refractivity contribution >= 4 is 34.5 Å². The first-order chi connectivity index (χ1) is 21.7. The van der Waals surface area contributed by atoms with Crippen molar-refractivity contribution in [3.63, 3.8) is 0 Å². The highest BCUT2D eigenvalue weighted by Gasteiger charge is 2.22. The molecule has 4 aromatic rings. The van der Waals surface area contributed by atoms with E-state index in [-0.39, 0.29) is 23.1 Å². The summed E-state index contributed by atoms with van der Waals surface area (Å²) in [7, 11) is 0. The van der Waals surface area contributed by atoms with E-state index in [1.807, 2.05) is 30.3 Å². The lowest BCUT2D eigenvalue weighted by Crippen LogP contribution is -2.30. The summed E-state index contributed by atoms with van der Waals surface area (Å²) in [5.41, 5.74) is 6.07. The summed E-state index contributed by atoms with van der Waals surface area (Å²) in [4.78, 5) is 35.1. The highest BCUT2D eigenvalue weighted by Crippen LogP contribution is 2.35. The Labute approximate surface area is 268 Å². The van der Waals surface area contributed by atoms with E-state index in [2.05, 4.69) is 105 Å². The molecule has 2 aromatic heterocycles. The van der Waals surface area contributed by atoms with Crippen LogP contribution in [0.3, 0.4) is 0 Å². The van der Waals surface area contributed by atoms with Crippen LogP contribution in [0.2, 0.25) is 0 Å². The van der Waals surface area contributed by atoms with Gasteiger partial charge in [-0.2, -0.15) is 0 Å². The minimum Gasteiger partial charge on any atom is -0.307 e. The molecule has 0 fully saturated rings. The predicted molar refractivity (Wildman–Crippen MR) is 190 cm³/mol. The van der Waals surface area contributed by atoms with Gasteiger partial charge in [0.2, 0.25) is 0 Å². The van der Waals surface area contributed by atoms with Crippen LogP contribution in [0.1, 0.15) is 89.8 Å². The van der Waals surface area contributed by atoms with Gasteiger partial charge < -0.3 is 15.5 Å². The molecule has 2 heterocycles. The summed E-state index contributed by atoms with van der Waals surface area (Å²) in [5, 5.41) is 6.98. The molecular weight excluding hydrogens is 558 g/mol. The minimum absolute atomic E-state index is 0.213. The van der Waals surface area contributed by atoms with E-state index in [0.29, 0.717) is 17.8 Å². The highest BCUT2D eigenvalue weighted by molar-refractivity contribution is 6.08. The number of para-hydroxylation sites is 1. The lowest BCUT2D eigenvalue weighted by molar-refractivity contribution is 0.262.